The Morgan fingerprint density at radius 3 is 2.44 bits per heavy atom. The van der Waals surface area contributed by atoms with Crippen LogP contribution in [0.1, 0.15) is 36.9 Å². The van der Waals surface area contributed by atoms with Gasteiger partial charge in [0.15, 0.2) is 0 Å². The summed E-state index contributed by atoms with van der Waals surface area (Å²) in [5.74, 6) is -0.127. The average Bonchev–Trinajstić information content (AvgIpc) is 2.96. The zero-order valence-corrected chi connectivity index (χ0v) is 16.6. The van der Waals surface area contributed by atoms with Gasteiger partial charge in [0.25, 0.3) is 0 Å². The predicted octanol–water partition coefficient (Wildman–Crippen LogP) is 5.25. The van der Waals surface area contributed by atoms with Gasteiger partial charge in [-0.3, -0.25) is 9.69 Å². The number of hydrogen-bond acceptors (Lipinski definition) is 2. The largest absolute Gasteiger partial charge is 0.309 e. The molecule has 1 amide bonds. The summed E-state index contributed by atoms with van der Waals surface area (Å²) >= 11 is 12.0. The van der Waals surface area contributed by atoms with E-state index in [0.29, 0.717) is 22.0 Å². The zero-order valence-electron chi connectivity index (χ0n) is 15.1. The van der Waals surface area contributed by atoms with Crippen molar-refractivity contribution in [3.63, 3.8) is 0 Å². The fourth-order valence-electron chi connectivity index (χ4n) is 4.26. The van der Waals surface area contributed by atoms with Gasteiger partial charge in [-0.1, -0.05) is 35.3 Å². The lowest BCUT2D eigenvalue weighted by Gasteiger charge is -2.39. The Bertz CT molecular complexity index is 880. The third-order valence-corrected chi connectivity index (χ3v) is 6.21. The number of likely N-dealkylation sites (tertiary alicyclic amines) is 1. The van der Waals surface area contributed by atoms with Crippen LogP contribution in [-0.4, -0.2) is 29.9 Å². The Morgan fingerprint density at radius 1 is 1.07 bits per heavy atom. The number of nitrogens with zero attached hydrogens (tertiary/aromatic N) is 2. The predicted molar refractivity (Wildman–Crippen MR) is 107 cm³/mol. The maximum Gasteiger partial charge on any atom is 0.231 e. The number of carbonyl (C=O) groups is 1. The van der Waals surface area contributed by atoms with Gasteiger partial charge < -0.3 is 4.90 Å². The maximum atomic E-state index is 14.3. The summed E-state index contributed by atoms with van der Waals surface area (Å²) in [5, 5.41) is 1.06. The highest BCUT2D eigenvalue weighted by Crippen LogP contribution is 2.36. The van der Waals surface area contributed by atoms with Crippen molar-refractivity contribution in [2.75, 3.05) is 18.0 Å². The van der Waals surface area contributed by atoms with Crippen molar-refractivity contribution in [2.45, 2.75) is 38.3 Å². The van der Waals surface area contributed by atoms with Crippen molar-refractivity contribution in [3.8, 4) is 0 Å². The van der Waals surface area contributed by atoms with Crippen molar-refractivity contribution in [2.24, 2.45) is 0 Å². The van der Waals surface area contributed by atoms with Crippen LogP contribution in [0.15, 0.2) is 36.4 Å². The van der Waals surface area contributed by atoms with Gasteiger partial charge in [0, 0.05) is 46.5 Å². The standard InChI is InChI=1S/C21H21Cl2FN2O/c1-13(18-5-4-15(22)11-19(18)24)25-8-6-17(7-9-25)26-20-12-16(23)3-2-14(20)10-21(26)27/h2-5,11-13,17H,6-10H2,1H3. The summed E-state index contributed by atoms with van der Waals surface area (Å²) in [7, 11) is 0. The summed E-state index contributed by atoms with van der Waals surface area (Å²) in [6, 6.07) is 10.7. The van der Waals surface area contributed by atoms with Crippen LogP contribution in [0, 0.1) is 5.82 Å². The van der Waals surface area contributed by atoms with E-state index in [4.69, 9.17) is 23.2 Å². The molecule has 3 nitrogen and oxygen atoms in total. The number of carbonyl (C=O) groups excluding carboxylic acids is 1. The van der Waals surface area contributed by atoms with Gasteiger partial charge in [0.2, 0.25) is 5.91 Å². The van der Waals surface area contributed by atoms with Gasteiger partial charge in [-0.25, -0.2) is 4.39 Å². The molecule has 0 N–H and O–H groups in total. The Morgan fingerprint density at radius 2 is 1.74 bits per heavy atom. The molecule has 27 heavy (non-hydrogen) atoms. The molecule has 0 aliphatic carbocycles. The molecule has 2 heterocycles. The molecule has 0 saturated carbocycles. The number of rotatable bonds is 3. The molecule has 1 saturated heterocycles. The Hall–Kier alpha value is -1.62. The summed E-state index contributed by atoms with van der Waals surface area (Å²) in [6.07, 6.45) is 2.16. The minimum absolute atomic E-state index is 0.0285. The van der Waals surface area contributed by atoms with E-state index in [1.165, 1.54) is 6.07 Å². The smallest absolute Gasteiger partial charge is 0.231 e. The van der Waals surface area contributed by atoms with Crippen molar-refractivity contribution in [3.05, 3.63) is 63.4 Å². The molecule has 0 radical (unpaired) electrons. The second kappa shape index (κ2) is 7.42. The molecule has 0 spiro atoms. The fraction of sp³-hybridized carbons (Fsp3) is 0.381. The molecule has 4 rings (SSSR count). The van der Waals surface area contributed by atoms with Gasteiger partial charge in [0.05, 0.1) is 6.42 Å². The van der Waals surface area contributed by atoms with Crippen LogP contribution in [0.5, 0.6) is 0 Å². The molecular weight excluding hydrogens is 386 g/mol. The Kier molecular flexibility index (Phi) is 5.15. The lowest BCUT2D eigenvalue weighted by molar-refractivity contribution is -0.118. The average molecular weight is 407 g/mol. The second-order valence-corrected chi connectivity index (χ2v) is 8.20. The third kappa shape index (κ3) is 3.58. The van der Waals surface area contributed by atoms with Crippen LogP contribution in [0.3, 0.4) is 0 Å². The molecule has 2 aromatic rings. The molecule has 1 unspecified atom stereocenters. The SMILES string of the molecule is CC(c1ccc(Cl)cc1F)N1CCC(N2C(=O)Cc3ccc(Cl)cc32)CC1. The molecule has 142 valence electrons. The van der Waals surface area contributed by atoms with E-state index in [2.05, 4.69) is 4.90 Å². The maximum absolute atomic E-state index is 14.3. The number of anilines is 1. The minimum Gasteiger partial charge on any atom is -0.309 e. The Balaban J connectivity index is 1.47. The summed E-state index contributed by atoms with van der Waals surface area (Å²) in [5.41, 5.74) is 2.65. The first kappa shape index (κ1) is 18.7. The summed E-state index contributed by atoms with van der Waals surface area (Å²) in [4.78, 5) is 16.8. The highest BCUT2D eigenvalue weighted by molar-refractivity contribution is 6.31. The molecule has 2 aromatic carbocycles. The molecule has 6 heteroatoms. The monoisotopic (exact) mass is 406 g/mol. The number of benzene rings is 2. The van der Waals surface area contributed by atoms with E-state index in [-0.39, 0.29) is 23.8 Å². The lowest BCUT2D eigenvalue weighted by Crippen LogP contribution is -2.47. The van der Waals surface area contributed by atoms with Gasteiger partial charge in [-0.2, -0.15) is 0 Å². The Labute approximate surface area is 168 Å². The van der Waals surface area contributed by atoms with Gasteiger partial charge >= 0.3 is 0 Å². The molecule has 2 aliphatic rings. The highest BCUT2D eigenvalue weighted by atomic mass is 35.5. The topological polar surface area (TPSA) is 23.6 Å². The van der Waals surface area contributed by atoms with Crippen LogP contribution in [0.4, 0.5) is 10.1 Å². The van der Waals surface area contributed by atoms with Gasteiger partial charge in [0.1, 0.15) is 5.82 Å². The minimum atomic E-state index is -0.268. The molecule has 0 aromatic heterocycles. The van der Waals surface area contributed by atoms with Gasteiger partial charge in [-0.05, 0) is 49.6 Å². The highest BCUT2D eigenvalue weighted by Gasteiger charge is 2.36. The third-order valence-electron chi connectivity index (χ3n) is 5.74. The normalized spacial score (nSPS) is 19.4. The number of hydrogen-bond donors (Lipinski definition) is 0. The van der Waals surface area contributed by atoms with E-state index in [1.54, 1.807) is 12.1 Å². The molecule has 0 bridgehead atoms. The van der Waals surface area contributed by atoms with Crippen molar-refractivity contribution < 1.29 is 9.18 Å². The molecular formula is C21H21Cl2FN2O. The second-order valence-electron chi connectivity index (χ2n) is 7.32. The first-order chi connectivity index (χ1) is 12.9. The number of amides is 1. The van der Waals surface area contributed by atoms with Crippen LogP contribution in [-0.2, 0) is 11.2 Å². The van der Waals surface area contributed by atoms with Crippen LogP contribution in [0.2, 0.25) is 10.0 Å². The first-order valence-electron chi connectivity index (χ1n) is 9.23. The first-order valence-corrected chi connectivity index (χ1v) is 9.99. The lowest BCUT2D eigenvalue weighted by atomic mass is 9.98. The van der Waals surface area contributed by atoms with E-state index in [1.807, 2.05) is 30.0 Å². The fourth-order valence-corrected chi connectivity index (χ4v) is 4.59. The quantitative estimate of drug-likeness (QED) is 0.694. The van der Waals surface area contributed by atoms with Crippen LogP contribution >= 0.6 is 23.2 Å². The number of piperidine rings is 1. The van der Waals surface area contributed by atoms with E-state index in [0.717, 1.165) is 37.2 Å². The molecule has 1 fully saturated rings. The zero-order chi connectivity index (χ0) is 19.1. The van der Waals surface area contributed by atoms with E-state index in [9.17, 15) is 9.18 Å². The van der Waals surface area contributed by atoms with E-state index < -0.39 is 0 Å². The molecule has 2 aliphatic heterocycles. The van der Waals surface area contributed by atoms with Crippen LogP contribution < -0.4 is 4.90 Å². The van der Waals surface area contributed by atoms with Crippen molar-refractivity contribution >= 4 is 34.8 Å². The van der Waals surface area contributed by atoms with Gasteiger partial charge in [-0.15, -0.1) is 0 Å². The summed E-state index contributed by atoms with van der Waals surface area (Å²) in [6.45, 7) is 3.64. The van der Waals surface area contributed by atoms with E-state index >= 15 is 0 Å². The molecule has 1 atom stereocenters. The number of halogens is 3. The van der Waals surface area contributed by atoms with Crippen molar-refractivity contribution in [1.29, 1.82) is 0 Å². The summed E-state index contributed by atoms with van der Waals surface area (Å²) < 4.78 is 14.3. The van der Waals surface area contributed by atoms with Crippen LogP contribution in [0.25, 0.3) is 0 Å². The van der Waals surface area contributed by atoms with Crippen molar-refractivity contribution in [1.82, 2.24) is 4.90 Å². The number of fused-ring (bicyclic) bond motifs is 1.